The minimum atomic E-state index is 0.0176. The molecule has 0 spiro atoms. The maximum Gasteiger partial charge on any atom is 0.213 e. The molecule has 2 rings (SSSR count). The highest BCUT2D eigenvalue weighted by Crippen LogP contribution is 2.09. The SMILES string of the molecule is N=C(N)c1ccnc(OCCCc2ccncc2)c1. The van der Waals surface area contributed by atoms with Gasteiger partial charge in [-0.1, -0.05) is 0 Å². The molecule has 0 amide bonds. The lowest BCUT2D eigenvalue weighted by Crippen LogP contribution is -2.11. The number of pyridine rings is 2. The second-order valence-corrected chi connectivity index (χ2v) is 4.10. The van der Waals surface area contributed by atoms with Crippen molar-refractivity contribution in [1.82, 2.24) is 9.97 Å². The fraction of sp³-hybridized carbons (Fsp3) is 0.214. The van der Waals surface area contributed by atoms with Crippen LogP contribution in [0.3, 0.4) is 0 Å². The number of nitrogen functional groups attached to an aromatic ring is 1. The van der Waals surface area contributed by atoms with Crippen molar-refractivity contribution in [3.8, 4) is 5.88 Å². The second-order valence-electron chi connectivity index (χ2n) is 4.10. The molecule has 0 aliphatic rings. The first-order chi connectivity index (χ1) is 9.25. The summed E-state index contributed by atoms with van der Waals surface area (Å²) >= 11 is 0. The van der Waals surface area contributed by atoms with Crippen molar-refractivity contribution in [2.75, 3.05) is 6.61 Å². The lowest BCUT2D eigenvalue weighted by Gasteiger charge is -2.06. The zero-order chi connectivity index (χ0) is 13.5. The first-order valence-corrected chi connectivity index (χ1v) is 6.08. The fourth-order valence-corrected chi connectivity index (χ4v) is 1.66. The van der Waals surface area contributed by atoms with Gasteiger partial charge in [0.15, 0.2) is 0 Å². The van der Waals surface area contributed by atoms with Crippen LogP contribution in [0.2, 0.25) is 0 Å². The lowest BCUT2D eigenvalue weighted by atomic mass is 10.1. The molecule has 0 unspecified atom stereocenters. The number of hydrogen-bond donors (Lipinski definition) is 2. The van der Waals surface area contributed by atoms with E-state index in [-0.39, 0.29) is 5.84 Å². The first kappa shape index (κ1) is 13.0. The van der Waals surface area contributed by atoms with Gasteiger partial charge in [0.2, 0.25) is 5.88 Å². The Morgan fingerprint density at radius 1 is 1.21 bits per heavy atom. The topological polar surface area (TPSA) is 84.9 Å². The Morgan fingerprint density at radius 3 is 2.74 bits per heavy atom. The molecule has 2 aromatic heterocycles. The Bertz CT molecular complexity index is 542. The molecule has 0 radical (unpaired) electrons. The van der Waals surface area contributed by atoms with Gasteiger partial charge in [-0.25, -0.2) is 4.98 Å². The molecule has 19 heavy (non-hydrogen) atoms. The molecule has 0 saturated carbocycles. The van der Waals surface area contributed by atoms with Crippen molar-refractivity contribution in [1.29, 1.82) is 5.41 Å². The van der Waals surface area contributed by atoms with Crippen molar-refractivity contribution < 1.29 is 4.74 Å². The number of rotatable bonds is 6. The quantitative estimate of drug-likeness (QED) is 0.468. The summed E-state index contributed by atoms with van der Waals surface area (Å²) < 4.78 is 5.54. The summed E-state index contributed by atoms with van der Waals surface area (Å²) in [4.78, 5) is 8.06. The van der Waals surface area contributed by atoms with Gasteiger partial charge in [-0.05, 0) is 36.6 Å². The van der Waals surface area contributed by atoms with Crippen molar-refractivity contribution in [3.63, 3.8) is 0 Å². The molecule has 5 heteroatoms. The maximum atomic E-state index is 7.35. The molecular weight excluding hydrogens is 240 g/mol. The molecule has 2 heterocycles. The number of hydrogen-bond acceptors (Lipinski definition) is 4. The van der Waals surface area contributed by atoms with Crippen LogP contribution < -0.4 is 10.5 Å². The number of nitrogens with two attached hydrogens (primary N) is 1. The van der Waals surface area contributed by atoms with Gasteiger partial charge in [-0.3, -0.25) is 10.4 Å². The molecule has 0 bridgehead atoms. The van der Waals surface area contributed by atoms with Crippen molar-refractivity contribution in [2.45, 2.75) is 12.8 Å². The Hall–Kier alpha value is -2.43. The molecule has 98 valence electrons. The zero-order valence-electron chi connectivity index (χ0n) is 10.5. The van der Waals surface area contributed by atoms with E-state index < -0.39 is 0 Å². The van der Waals surface area contributed by atoms with Crippen LogP contribution in [0, 0.1) is 5.41 Å². The number of aromatic nitrogens is 2. The van der Waals surface area contributed by atoms with Gasteiger partial charge in [0, 0.05) is 30.2 Å². The van der Waals surface area contributed by atoms with Gasteiger partial charge in [0.25, 0.3) is 0 Å². The predicted octanol–water partition coefficient (Wildman–Crippen LogP) is 1.77. The number of nitrogens with one attached hydrogen (secondary N) is 1. The highest BCUT2D eigenvalue weighted by Gasteiger charge is 2.00. The maximum absolute atomic E-state index is 7.35. The number of ether oxygens (including phenoxy) is 1. The molecule has 5 nitrogen and oxygen atoms in total. The smallest absolute Gasteiger partial charge is 0.213 e. The molecule has 0 fully saturated rings. The van der Waals surface area contributed by atoms with E-state index >= 15 is 0 Å². The molecule has 0 saturated heterocycles. The third kappa shape index (κ3) is 4.06. The minimum absolute atomic E-state index is 0.0176. The van der Waals surface area contributed by atoms with Gasteiger partial charge < -0.3 is 10.5 Å². The average Bonchev–Trinajstić information content (AvgIpc) is 2.45. The lowest BCUT2D eigenvalue weighted by molar-refractivity contribution is 0.299. The van der Waals surface area contributed by atoms with Gasteiger partial charge >= 0.3 is 0 Å². The van der Waals surface area contributed by atoms with Crippen LogP contribution in [0.1, 0.15) is 17.5 Å². The van der Waals surface area contributed by atoms with Crippen LogP contribution in [0.5, 0.6) is 5.88 Å². The molecule has 0 aliphatic carbocycles. The Balaban J connectivity index is 1.80. The minimum Gasteiger partial charge on any atom is -0.478 e. The summed E-state index contributed by atoms with van der Waals surface area (Å²) in [5.41, 5.74) is 7.27. The highest BCUT2D eigenvalue weighted by atomic mass is 16.5. The third-order valence-electron chi connectivity index (χ3n) is 2.65. The van der Waals surface area contributed by atoms with E-state index in [1.807, 2.05) is 12.1 Å². The van der Waals surface area contributed by atoms with E-state index in [9.17, 15) is 0 Å². The van der Waals surface area contributed by atoms with Crippen molar-refractivity contribution >= 4 is 5.84 Å². The van der Waals surface area contributed by atoms with Crippen molar-refractivity contribution in [3.05, 3.63) is 54.0 Å². The van der Waals surface area contributed by atoms with E-state index in [1.165, 1.54) is 5.56 Å². The number of nitrogens with zero attached hydrogens (tertiary/aromatic N) is 2. The highest BCUT2D eigenvalue weighted by molar-refractivity contribution is 5.95. The van der Waals surface area contributed by atoms with E-state index in [4.69, 9.17) is 15.9 Å². The molecule has 2 aromatic rings. The van der Waals surface area contributed by atoms with Crippen LogP contribution in [0.25, 0.3) is 0 Å². The summed E-state index contributed by atoms with van der Waals surface area (Å²) in [6.45, 7) is 0.580. The largest absolute Gasteiger partial charge is 0.478 e. The van der Waals surface area contributed by atoms with E-state index in [2.05, 4.69) is 9.97 Å². The summed E-state index contributed by atoms with van der Waals surface area (Å²) in [5, 5.41) is 7.35. The van der Waals surface area contributed by atoms with Gasteiger partial charge in [-0.15, -0.1) is 0 Å². The monoisotopic (exact) mass is 256 g/mol. The number of aryl methyl sites for hydroxylation is 1. The molecular formula is C14H16N4O. The van der Waals surface area contributed by atoms with Crippen LogP contribution in [-0.2, 0) is 6.42 Å². The summed E-state index contributed by atoms with van der Waals surface area (Å²) in [6, 6.07) is 7.35. The summed E-state index contributed by atoms with van der Waals surface area (Å²) in [6.07, 6.45) is 7.00. The molecule has 0 aliphatic heterocycles. The summed E-state index contributed by atoms with van der Waals surface area (Å²) in [5.74, 6) is 0.520. The predicted molar refractivity (Wildman–Crippen MR) is 73.3 cm³/mol. The first-order valence-electron chi connectivity index (χ1n) is 6.08. The van der Waals surface area contributed by atoms with Gasteiger partial charge in [0.1, 0.15) is 5.84 Å². The average molecular weight is 256 g/mol. The Morgan fingerprint density at radius 2 is 2.00 bits per heavy atom. The Kier molecular flexibility index (Phi) is 4.44. The molecule has 0 atom stereocenters. The summed E-state index contributed by atoms with van der Waals surface area (Å²) in [7, 11) is 0. The standard InChI is InChI=1S/C14H16N4O/c15-14(16)12-5-8-18-13(10-12)19-9-1-2-11-3-6-17-7-4-11/h3-8,10H,1-2,9H2,(H3,15,16). The van der Waals surface area contributed by atoms with E-state index in [0.29, 0.717) is 18.1 Å². The Labute approximate surface area is 112 Å². The number of amidine groups is 1. The van der Waals surface area contributed by atoms with Crippen LogP contribution >= 0.6 is 0 Å². The third-order valence-corrected chi connectivity index (χ3v) is 2.65. The van der Waals surface area contributed by atoms with E-state index in [1.54, 1.807) is 30.7 Å². The molecule has 0 aromatic carbocycles. The normalized spacial score (nSPS) is 10.1. The fourth-order valence-electron chi connectivity index (χ4n) is 1.66. The molecule has 3 N–H and O–H groups in total. The van der Waals surface area contributed by atoms with Crippen LogP contribution in [-0.4, -0.2) is 22.4 Å². The zero-order valence-corrected chi connectivity index (χ0v) is 10.5. The van der Waals surface area contributed by atoms with Crippen LogP contribution in [0.4, 0.5) is 0 Å². The van der Waals surface area contributed by atoms with Gasteiger partial charge in [-0.2, -0.15) is 0 Å². The van der Waals surface area contributed by atoms with E-state index in [0.717, 1.165) is 12.8 Å². The van der Waals surface area contributed by atoms with Gasteiger partial charge in [0.05, 0.1) is 6.61 Å². The second kappa shape index (κ2) is 6.49. The van der Waals surface area contributed by atoms with Crippen molar-refractivity contribution in [2.24, 2.45) is 5.73 Å². The van der Waals surface area contributed by atoms with Crippen LogP contribution in [0.15, 0.2) is 42.9 Å².